The van der Waals surface area contributed by atoms with E-state index in [1.165, 1.54) is 5.56 Å². The highest BCUT2D eigenvalue weighted by Crippen LogP contribution is 2.26. The number of benzene rings is 1. The van der Waals surface area contributed by atoms with Gasteiger partial charge in [-0.1, -0.05) is 51.1 Å². The molecule has 0 aliphatic heterocycles. The van der Waals surface area contributed by atoms with Gasteiger partial charge in [0.1, 0.15) is 11.6 Å². The van der Waals surface area contributed by atoms with E-state index in [0.29, 0.717) is 0 Å². The van der Waals surface area contributed by atoms with Gasteiger partial charge in [-0.3, -0.25) is 0 Å². The Bertz CT molecular complexity index is 562. The Kier molecular flexibility index (Phi) is 4.17. The van der Waals surface area contributed by atoms with Crippen molar-refractivity contribution in [2.75, 3.05) is 5.73 Å². The van der Waals surface area contributed by atoms with Crippen LogP contribution in [-0.4, -0.2) is 9.55 Å². The molecule has 1 aromatic carbocycles. The van der Waals surface area contributed by atoms with Gasteiger partial charge in [0.15, 0.2) is 0 Å². The van der Waals surface area contributed by atoms with Gasteiger partial charge < -0.3 is 10.3 Å². The Morgan fingerprint density at radius 2 is 1.75 bits per heavy atom. The van der Waals surface area contributed by atoms with Crippen LogP contribution in [0.5, 0.6) is 0 Å². The highest BCUT2D eigenvalue weighted by atomic mass is 15.1. The minimum Gasteiger partial charge on any atom is -0.384 e. The fourth-order valence-electron chi connectivity index (χ4n) is 2.50. The minimum absolute atomic E-state index is 0.0229. The summed E-state index contributed by atoms with van der Waals surface area (Å²) in [5.41, 5.74) is 8.66. The molecule has 0 aliphatic carbocycles. The van der Waals surface area contributed by atoms with E-state index in [2.05, 4.69) is 56.5 Å². The van der Waals surface area contributed by atoms with E-state index in [9.17, 15) is 0 Å². The maximum Gasteiger partial charge on any atom is 0.126 e. The monoisotopic (exact) mass is 271 g/mol. The summed E-state index contributed by atoms with van der Waals surface area (Å²) in [6.07, 6.45) is 1.88. The number of aryl methyl sites for hydroxylation is 2. The zero-order valence-corrected chi connectivity index (χ0v) is 13.0. The molecule has 0 radical (unpaired) electrons. The predicted molar refractivity (Wildman–Crippen MR) is 84.9 cm³/mol. The third kappa shape index (κ3) is 3.03. The van der Waals surface area contributed by atoms with Crippen molar-refractivity contribution in [1.29, 1.82) is 0 Å². The lowest BCUT2D eigenvalue weighted by Crippen LogP contribution is -2.19. The smallest absolute Gasteiger partial charge is 0.126 e. The molecule has 2 N–H and O–H groups in total. The van der Waals surface area contributed by atoms with E-state index in [1.807, 2.05) is 6.07 Å². The third-order valence-electron chi connectivity index (χ3n) is 3.56. The quantitative estimate of drug-likeness (QED) is 0.924. The largest absolute Gasteiger partial charge is 0.384 e. The molecular weight excluding hydrogens is 246 g/mol. The molecule has 0 unspecified atom stereocenters. The van der Waals surface area contributed by atoms with Crippen LogP contribution >= 0.6 is 0 Å². The highest BCUT2D eigenvalue weighted by molar-refractivity contribution is 5.40. The fourth-order valence-corrected chi connectivity index (χ4v) is 2.50. The van der Waals surface area contributed by atoms with Crippen LogP contribution in [0.4, 0.5) is 5.82 Å². The second kappa shape index (κ2) is 5.70. The molecule has 2 rings (SSSR count). The van der Waals surface area contributed by atoms with E-state index in [4.69, 9.17) is 10.7 Å². The van der Waals surface area contributed by atoms with E-state index in [-0.39, 0.29) is 5.41 Å². The molecule has 1 aromatic heterocycles. The Morgan fingerprint density at radius 1 is 1.10 bits per heavy atom. The van der Waals surface area contributed by atoms with Gasteiger partial charge >= 0.3 is 0 Å². The topological polar surface area (TPSA) is 43.8 Å². The van der Waals surface area contributed by atoms with Crippen LogP contribution in [-0.2, 0) is 24.8 Å². The third-order valence-corrected chi connectivity index (χ3v) is 3.56. The van der Waals surface area contributed by atoms with Gasteiger partial charge in [-0.15, -0.1) is 0 Å². The first-order valence-electron chi connectivity index (χ1n) is 7.32. The van der Waals surface area contributed by atoms with Crippen LogP contribution in [0.15, 0.2) is 30.3 Å². The molecule has 0 saturated carbocycles. The van der Waals surface area contributed by atoms with Crippen molar-refractivity contribution in [1.82, 2.24) is 9.55 Å². The number of aromatic nitrogens is 2. The molecule has 20 heavy (non-hydrogen) atoms. The lowest BCUT2D eigenvalue weighted by molar-refractivity contribution is 0.508. The minimum atomic E-state index is 0.0229. The Morgan fingerprint density at radius 3 is 2.25 bits per heavy atom. The number of imidazole rings is 1. The summed E-state index contributed by atoms with van der Waals surface area (Å²) in [4.78, 5) is 4.80. The molecule has 3 nitrogen and oxygen atoms in total. The van der Waals surface area contributed by atoms with E-state index >= 15 is 0 Å². The number of nitrogens with two attached hydrogens (primary N) is 1. The van der Waals surface area contributed by atoms with E-state index in [0.717, 1.165) is 36.7 Å². The number of rotatable bonds is 4. The first kappa shape index (κ1) is 14.6. The number of hydrogen-bond donors (Lipinski definition) is 1. The summed E-state index contributed by atoms with van der Waals surface area (Å²) in [5, 5.41) is 0. The predicted octanol–water partition coefficient (Wildman–Crippen LogP) is 3.57. The van der Waals surface area contributed by atoms with Crippen molar-refractivity contribution in [2.24, 2.45) is 0 Å². The fraction of sp³-hybridized carbons (Fsp3) is 0.471. The standard InChI is InChI=1S/C17H25N3/c1-5-20-15(18)14(19-16(20)17(2,3)4)12-11-13-9-7-6-8-10-13/h6-10H,5,11-12,18H2,1-4H3. The van der Waals surface area contributed by atoms with Crippen LogP contribution in [0.2, 0.25) is 0 Å². The van der Waals surface area contributed by atoms with Gasteiger partial charge in [0.25, 0.3) is 0 Å². The molecule has 0 amide bonds. The van der Waals surface area contributed by atoms with Crippen molar-refractivity contribution in [3.63, 3.8) is 0 Å². The normalized spacial score (nSPS) is 11.8. The summed E-state index contributed by atoms with van der Waals surface area (Å²) in [6.45, 7) is 9.54. The molecule has 108 valence electrons. The Labute approximate surface area is 121 Å². The number of nitrogen functional groups attached to an aromatic ring is 1. The van der Waals surface area contributed by atoms with Gasteiger partial charge in [0.2, 0.25) is 0 Å². The maximum absolute atomic E-state index is 6.28. The van der Waals surface area contributed by atoms with E-state index < -0.39 is 0 Å². The van der Waals surface area contributed by atoms with Crippen LogP contribution in [0.1, 0.15) is 44.8 Å². The summed E-state index contributed by atoms with van der Waals surface area (Å²) in [7, 11) is 0. The zero-order valence-electron chi connectivity index (χ0n) is 13.0. The number of anilines is 1. The average molecular weight is 271 g/mol. The molecular formula is C17H25N3. The van der Waals surface area contributed by atoms with Crippen molar-refractivity contribution in [2.45, 2.75) is 52.5 Å². The maximum atomic E-state index is 6.28. The van der Waals surface area contributed by atoms with Crippen LogP contribution in [0, 0.1) is 0 Å². The summed E-state index contributed by atoms with van der Waals surface area (Å²) in [5.74, 6) is 1.91. The van der Waals surface area contributed by atoms with Crippen LogP contribution in [0.25, 0.3) is 0 Å². The molecule has 1 heterocycles. The second-order valence-electron chi connectivity index (χ2n) is 6.25. The summed E-state index contributed by atoms with van der Waals surface area (Å²) >= 11 is 0. The lowest BCUT2D eigenvalue weighted by atomic mass is 9.95. The van der Waals surface area contributed by atoms with Crippen molar-refractivity contribution in [3.8, 4) is 0 Å². The number of nitrogens with zero attached hydrogens (tertiary/aromatic N) is 2. The van der Waals surface area contributed by atoms with E-state index in [1.54, 1.807) is 0 Å². The summed E-state index contributed by atoms with van der Waals surface area (Å²) < 4.78 is 2.14. The van der Waals surface area contributed by atoms with Crippen LogP contribution < -0.4 is 5.73 Å². The zero-order chi connectivity index (χ0) is 14.8. The first-order valence-corrected chi connectivity index (χ1v) is 7.32. The summed E-state index contributed by atoms with van der Waals surface area (Å²) in [6, 6.07) is 10.5. The van der Waals surface area contributed by atoms with Gasteiger partial charge in [-0.05, 0) is 25.3 Å². The Balaban J connectivity index is 2.23. The SMILES string of the molecule is CCn1c(C(C)(C)C)nc(CCc2ccccc2)c1N. The molecule has 0 atom stereocenters. The number of hydrogen-bond acceptors (Lipinski definition) is 2. The van der Waals surface area contributed by atoms with Gasteiger partial charge in [0.05, 0.1) is 5.69 Å². The molecule has 0 fully saturated rings. The molecule has 0 spiro atoms. The van der Waals surface area contributed by atoms with Crippen molar-refractivity contribution < 1.29 is 0 Å². The molecule has 2 aromatic rings. The lowest BCUT2D eigenvalue weighted by Gasteiger charge is -2.19. The van der Waals surface area contributed by atoms with Crippen molar-refractivity contribution in [3.05, 3.63) is 47.4 Å². The molecule has 0 saturated heterocycles. The molecule has 0 aliphatic rings. The van der Waals surface area contributed by atoms with Gasteiger partial charge in [-0.2, -0.15) is 0 Å². The van der Waals surface area contributed by atoms with Gasteiger partial charge in [0, 0.05) is 12.0 Å². The van der Waals surface area contributed by atoms with Crippen LogP contribution in [0.3, 0.4) is 0 Å². The Hall–Kier alpha value is -1.77. The highest BCUT2D eigenvalue weighted by Gasteiger charge is 2.23. The first-order chi connectivity index (χ1) is 9.43. The second-order valence-corrected chi connectivity index (χ2v) is 6.25. The average Bonchev–Trinajstić information content (AvgIpc) is 2.74. The van der Waals surface area contributed by atoms with Crippen molar-refractivity contribution >= 4 is 5.82 Å². The van der Waals surface area contributed by atoms with Gasteiger partial charge in [-0.25, -0.2) is 4.98 Å². The molecule has 3 heteroatoms. The molecule has 0 bridgehead atoms.